The second kappa shape index (κ2) is 4.94. The molecule has 1 fully saturated rings. The molecule has 1 aromatic heterocycles. The third-order valence-corrected chi connectivity index (χ3v) is 3.43. The lowest BCUT2D eigenvalue weighted by Crippen LogP contribution is -2.28. The number of rotatable bonds is 2. The molecule has 0 saturated carbocycles. The SMILES string of the molecule is CC1OC(C(=O)Nc2ccn(C)c(=O)c2)C[C@@H]1C. The molecule has 18 heavy (non-hydrogen) atoms. The summed E-state index contributed by atoms with van der Waals surface area (Å²) in [5.74, 6) is 0.198. The van der Waals surface area contributed by atoms with Crippen LogP contribution in [0.2, 0.25) is 0 Å². The zero-order valence-corrected chi connectivity index (χ0v) is 10.8. The number of nitrogens with zero attached hydrogens (tertiary/aromatic N) is 1. The minimum atomic E-state index is -0.418. The van der Waals surface area contributed by atoms with Crippen LogP contribution >= 0.6 is 0 Å². The van der Waals surface area contributed by atoms with Crippen molar-refractivity contribution in [3.8, 4) is 0 Å². The van der Waals surface area contributed by atoms with Gasteiger partial charge in [-0.25, -0.2) is 0 Å². The van der Waals surface area contributed by atoms with Crippen LogP contribution in [0.1, 0.15) is 20.3 Å². The van der Waals surface area contributed by atoms with Gasteiger partial charge in [-0.3, -0.25) is 9.59 Å². The summed E-state index contributed by atoms with van der Waals surface area (Å²) in [7, 11) is 1.66. The molecule has 5 heteroatoms. The Balaban J connectivity index is 2.03. The number of nitrogens with one attached hydrogen (secondary N) is 1. The van der Waals surface area contributed by atoms with Crippen LogP contribution in [-0.2, 0) is 16.6 Å². The Morgan fingerprint density at radius 1 is 1.50 bits per heavy atom. The van der Waals surface area contributed by atoms with E-state index in [9.17, 15) is 9.59 Å². The second-order valence-corrected chi connectivity index (χ2v) is 4.90. The van der Waals surface area contributed by atoms with E-state index in [0.717, 1.165) is 6.42 Å². The van der Waals surface area contributed by atoms with E-state index in [-0.39, 0.29) is 17.6 Å². The largest absolute Gasteiger partial charge is 0.365 e. The number of carbonyl (C=O) groups excluding carboxylic acids is 1. The van der Waals surface area contributed by atoms with Crippen molar-refractivity contribution < 1.29 is 9.53 Å². The molecule has 1 amide bonds. The molecule has 1 saturated heterocycles. The van der Waals surface area contributed by atoms with Gasteiger partial charge in [-0.2, -0.15) is 0 Å². The first-order valence-corrected chi connectivity index (χ1v) is 6.10. The molecule has 98 valence electrons. The van der Waals surface area contributed by atoms with Crippen LogP contribution in [0.4, 0.5) is 5.69 Å². The standard InChI is InChI=1S/C13H18N2O3/c1-8-6-11(18-9(8)2)13(17)14-10-4-5-15(3)12(16)7-10/h4-5,7-9,11H,6H2,1-3H3,(H,14,17)/t8-,9?,11?/m0/s1. The first kappa shape index (κ1) is 12.8. The molecule has 0 spiro atoms. The van der Waals surface area contributed by atoms with Crippen molar-refractivity contribution in [3.63, 3.8) is 0 Å². The Morgan fingerprint density at radius 3 is 2.78 bits per heavy atom. The summed E-state index contributed by atoms with van der Waals surface area (Å²) in [6.45, 7) is 4.03. The third-order valence-electron chi connectivity index (χ3n) is 3.43. The predicted molar refractivity (Wildman–Crippen MR) is 68.4 cm³/mol. The highest BCUT2D eigenvalue weighted by Gasteiger charge is 2.33. The molecule has 2 heterocycles. The number of anilines is 1. The Hall–Kier alpha value is -1.62. The van der Waals surface area contributed by atoms with E-state index in [2.05, 4.69) is 12.2 Å². The average Bonchev–Trinajstić information content (AvgIpc) is 2.65. The van der Waals surface area contributed by atoms with Crippen LogP contribution in [0, 0.1) is 5.92 Å². The molecule has 1 aliphatic heterocycles. The summed E-state index contributed by atoms with van der Waals surface area (Å²) in [5.41, 5.74) is 0.362. The first-order chi connectivity index (χ1) is 8.47. The molecular weight excluding hydrogens is 232 g/mol. The quantitative estimate of drug-likeness (QED) is 0.856. The highest BCUT2D eigenvalue weighted by molar-refractivity contribution is 5.94. The van der Waals surface area contributed by atoms with Crippen molar-refractivity contribution in [1.29, 1.82) is 0 Å². The van der Waals surface area contributed by atoms with Crippen LogP contribution in [0.15, 0.2) is 23.1 Å². The number of aromatic nitrogens is 1. The highest BCUT2D eigenvalue weighted by Crippen LogP contribution is 2.26. The van der Waals surface area contributed by atoms with E-state index in [1.165, 1.54) is 10.6 Å². The third kappa shape index (κ3) is 2.61. The van der Waals surface area contributed by atoms with Gasteiger partial charge in [0.25, 0.3) is 11.5 Å². The zero-order valence-electron chi connectivity index (χ0n) is 10.8. The molecule has 5 nitrogen and oxygen atoms in total. The van der Waals surface area contributed by atoms with Gasteiger partial charge in [0.2, 0.25) is 0 Å². The lowest BCUT2D eigenvalue weighted by atomic mass is 10.0. The minimum absolute atomic E-state index is 0.101. The Kier molecular flexibility index (Phi) is 3.52. The topological polar surface area (TPSA) is 60.3 Å². The van der Waals surface area contributed by atoms with Gasteiger partial charge in [-0.05, 0) is 25.3 Å². The molecule has 0 aliphatic carbocycles. The number of hydrogen-bond donors (Lipinski definition) is 1. The molecule has 1 N–H and O–H groups in total. The summed E-state index contributed by atoms with van der Waals surface area (Å²) < 4.78 is 7.02. The van der Waals surface area contributed by atoms with E-state index in [1.54, 1.807) is 19.3 Å². The van der Waals surface area contributed by atoms with Gasteiger partial charge in [-0.1, -0.05) is 6.92 Å². The summed E-state index contributed by atoms with van der Waals surface area (Å²) >= 11 is 0. The molecule has 0 aromatic carbocycles. The van der Waals surface area contributed by atoms with Crippen molar-refractivity contribution >= 4 is 11.6 Å². The molecule has 2 rings (SSSR count). The lowest BCUT2D eigenvalue weighted by Gasteiger charge is -2.11. The van der Waals surface area contributed by atoms with Crippen molar-refractivity contribution in [2.75, 3.05) is 5.32 Å². The van der Waals surface area contributed by atoms with E-state index < -0.39 is 6.10 Å². The maximum Gasteiger partial charge on any atom is 0.253 e. The molecule has 1 aromatic rings. The van der Waals surface area contributed by atoms with E-state index in [4.69, 9.17) is 4.74 Å². The van der Waals surface area contributed by atoms with Gasteiger partial charge in [0.15, 0.2) is 0 Å². The lowest BCUT2D eigenvalue weighted by molar-refractivity contribution is -0.126. The Labute approximate surface area is 106 Å². The summed E-state index contributed by atoms with van der Waals surface area (Å²) in [4.78, 5) is 23.4. The van der Waals surface area contributed by atoms with Crippen LogP contribution in [0.25, 0.3) is 0 Å². The van der Waals surface area contributed by atoms with Crippen LogP contribution in [-0.4, -0.2) is 22.7 Å². The van der Waals surface area contributed by atoms with Gasteiger partial charge < -0.3 is 14.6 Å². The molecule has 1 aliphatic rings. The average molecular weight is 250 g/mol. The fourth-order valence-corrected chi connectivity index (χ4v) is 2.00. The number of amides is 1. The predicted octanol–water partition coefficient (Wildman–Crippen LogP) is 1.14. The Morgan fingerprint density at radius 2 is 2.22 bits per heavy atom. The molecule has 3 atom stereocenters. The van der Waals surface area contributed by atoms with Crippen LogP contribution < -0.4 is 10.9 Å². The van der Waals surface area contributed by atoms with Crippen molar-refractivity contribution in [1.82, 2.24) is 4.57 Å². The zero-order chi connectivity index (χ0) is 13.3. The van der Waals surface area contributed by atoms with Crippen molar-refractivity contribution in [2.24, 2.45) is 13.0 Å². The molecule has 2 unspecified atom stereocenters. The van der Waals surface area contributed by atoms with Crippen molar-refractivity contribution in [3.05, 3.63) is 28.7 Å². The maximum atomic E-state index is 12.0. The first-order valence-electron chi connectivity index (χ1n) is 6.10. The molecule has 0 radical (unpaired) electrons. The van der Waals surface area contributed by atoms with Gasteiger partial charge in [-0.15, -0.1) is 0 Å². The monoisotopic (exact) mass is 250 g/mol. The number of carbonyl (C=O) groups is 1. The number of pyridine rings is 1. The van der Waals surface area contributed by atoms with Crippen LogP contribution in [0.3, 0.4) is 0 Å². The van der Waals surface area contributed by atoms with Crippen molar-refractivity contribution in [2.45, 2.75) is 32.5 Å². The Bertz CT molecular complexity index is 499. The fraction of sp³-hybridized carbons (Fsp3) is 0.538. The van der Waals surface area contributed by atoms with E-state index in [0.29, 0.717) is 11.6 Å². The van der Waals surface area contributed by atoms with Gasteiger partial charge in [0.1, 0.15) is 6.10 Å². The summed E-state index contributed by atoms with van der Waals surface area (Å²) in [6.07, 6.45) is 2.03. The highest BCUT2D eigenvalue weighted by atomic mass is 16.5. The summed E-state index contributed by atoms with van der Waals surface area (Å²) in [6, 6.07) is 3.10. The summed E-state index contributed by atoms with van der Waals surface area (Å²) in [5, 5.41) is 2.72. The number of aryl methyl sites for hydroxylation is 1. The fourth-order valence-electron chi connectivity index (χ4n) is 2.00. The molecular formula is C13H18N2O3. The smallest absolute Gasteiger partial charge is 0.253 e. The number of ether oxygens (including phenoxy) is 1. The van der Waals surface area contributed by atoms with Gasteiger partial charge >= 0.3 is 0 Å². The normalized spacial score (nSPS) is 27.2. The van der Waals surface area contributed by atoms with E-state index >= 15 is 0 Å². The maximum absolute atomic E-state index is 12.0. The van der Waals surface area contributed by atoms with Gasteiger partial charge in [0, 0.05) is 25.0 Å². The number of hydrogen-bond acceptors (Lipinski definition) is 3. The molecule has 0 bridgehead atoms. The van der Waals surface area contributed by atoms with E-state index in [1.807, 2.05) is 6.92 Å². The van der Waals surface area contributed by atoms with Crippen LogP contribution in [0.5, 0.6) is 0 Å². The van der Waals surface area contributed by atoms with Gasteiger partial charge in [0.05, 0.1) is 6.10 Å². The second-order valence-electron chi connectivity index (χ2n) is 4.90. The minimum Gasteiger partial charge on any atom is -0.365 e.